The lowest BCUT2D eigenvalue weighted by Crippen LogP contribution is -2.32. The zero-order valence-electron chi connectivity index (χ0n) is 23.4. The first-order chi connectivity index (χ1) is 20.0. The number of nitrogens with one attached hydrogen (secondary N) is 1. The zero-order valence-corrected chi connectivity index (χ0v) is 24.2. The lowest BCUT2D eigenvalue weighted by Gasteiger charge is -2.29. The second-order valence-corrected chi connectivity index (χ2v) is 11.2. The third-order valence-electron chi connectivity index (χ3n) is 7.62. The molecule has 3 unspecified atom stereocenters. The number of hydrogen-bond donors (Lipinski definition) is 1. The van der Waals surface area contributed by atoms with E-state index in [2.05, 4.69) is 27.9 Å². The van der Waals surface area contributed by atoms with E-state index in [1.54, 1.807) is 36.7 Å². The summed E-state index contributed by atoms with van der Waals surface area (Å²) in [7, 11) is 0. The number of pyridine rings is 1. The smallest absolute Gasteiger partial charge is 0.231 e. The Balaban J connectivity index is 0.00000165. The second-order valence-electron chi connectivity index (χ2n) is 10.3. The van der Waals surface area contributed by atoms with Gasteiger partial charge in [0.05, 0.1) is 6.54 Å². The molecule has 0 bridgehead atoms. The average Bonchev–Trinajstić information content (AvgIpc) is 3.82. The van der Waals surface area contributed by atoms with Crippen molar-refractivity contribution in [1.29, 1.82) is 0 Å². The first-order valence-electron chi connectivity index (χ1n) is 14.3. The monoisotopic (exact) mass is 571 g/mol. The topological polar surface area (TPSA) is 45.2 Å². The normalized spacial score (nSPS) is 19.0. The van der Waals surface area contributed by atoms with E-state index < -0.39 is 0 Å². The van der Waals surface area contributed by atoms with Crippen molar-refractivity contribution in [2.24, 2.45) is 5.92 Å². The quantitative estimate of drug-likeness (QED) is 0.216. The Morgan fingerprint density at radius 1 is 1.00 bits per heavy atom. The predicted octanol–water partition coefficient (Wildman–Crippen LogP) is 8.40. The molecule has 1 fully saturated rings. The van der Waals surface area contributed by atoms with Crippen molar-refractivity contribution < 1.29 is 13.6 Å². The van der Waals surface area contributed by atoms with E-state index in [1.165, 1.54) is 47.3 Å². The molecule has 6 rings (SSSR count). The van der Waals surface area contributed by atoms with Crippen LogP contribution < -0.4 is 9.62 Å². The van der Waals surface area contributed by atoms with Gasteiger partial charge in [0.1, 0.15) is 11.6 Å². The number of carbonyl (C=O) groups is 1. The van der Waals surface area contributed by atoms with Crippen molar-refractivity contribution in [3.8, 4) is 0 Å². The Morgan fingerprint density at radius 2 is 1.73 bits per heavy atom. The van der Waals surface area contributed by atoms with Gasteiger partial charge in [0.25, 0.3) is 0 Å². The zero-order chi connectivity index (χ0) is 28.8. The molecular formula is C34H35F2N3OS. The number of hydrogen-bond acceptors (Lipinski definition) is 4. The lowest BCUT2D eigenvalue weighted by molar-refractivity contribution is -0.120. The Morgan fingerprint density at radius 3 is 2.44 bits per heavy atom. The summed E-state index contributed by atoms with van der Waals surface area (Å²) in [6.45, 7) is 4.43. The molecule has 7 heteroatoms. The van der Waals surface area contributed by atoms with Gasteiger partial charge >= 0.3 is 0 Å². The van der Waals surface area contributed by atoms with E-state index in [0.717, 1.165) is 47.4 Å². The van der Waals surface area contributed by atoms with Crippen LogP contribution in [0, 0.1) is 17.6 Å². The Labute approximate surface area is 245 Å². The van der Waals surface area contributed by atoms with E-state index in [1.807, 2.05) is 30.9 Å². The van der Waals surface area contributed by atoms with E-state index in [-0.39, 0.29) is 35.4 Å². The van der Waals surface area contributed by atoms with Crippen molar-refractivity contribution in [2.45, 2.75) is 62.9 Å². The first kappa shape index (κ1) is 29.0. The van der Waals surface area contributed by atoms with Crippen LogP contribution in [0.5, 0.6) is 0 Å². The highest BCUT2D eigenvalue weighted by Crippen LogP contribution is 2.49. The summed E-state index contributed by atoms with van der Waals surface area (Å²) in [6, 6.07) is 23.3. The number of aryl methyl sites for hydroxylation is 1. The molecule has 2 aliphatic carbocycles. The molecule has 3 atom stereocenters. The standard InChI is InChI=1S/C32H29F2N3OS.C2H6/c33-24-9-6-23(7-10-24)28-18-30(28)32(38)37(20-21-3-2-16-35-19-21)26-13-8-22-4-1-5-31(29(22)17-26)36-39-27-14-11-25(34)12-15-27;1-2/h2-3,6-17,19,28,30-31,36H,1,4-5,18,20H2;1-2H3. The van der Waals surface area contributed by atoms with Crippen LogP contribution in [-0.4, -0.2) is 10.9 Å². The minimum absolute atomic E-state index is 0.0779. The summed E-state index contributed by atoms with van der Waals surface area (Å²) >= 11 is 1.50. The molecule has 41 heavy (non-hydrogen) atoms. The van der Waals surface area contributed by atoms with Crippen LogP contribution in [0.25, 0.3) is 0 Å². The Kier molecular flexibility index (Phi) is 9.47. The largest absolute Gasteiger partial charge is 0.308 e. The molecule has 1 heterocycles. The lowest BCUT2D eigenvalue weighted by atomic mass is 9.87. The number of benzene rings is 3. The molecule has 3 aromatic carbocycles. The van der Waals surface area contributed by atoms with Gasteiger partial charge in [-0.05, 0) is 120 Å². The summed E-state index contributed by atoms with van der Waals surface area (Å²) in [5.74, 6) is -0.466. The van der Waals surface area contributed by atoms with Crippen molar-refractivity contribution in [2.75, 3.05) is 4.90 Å². The molecule has 0 saturated heterocycles. The van der Waals surface area contributed by atoms with Crippen LogP contribution >= 0.6 is 11.9 Å². The van der Waals surface area contributed by atoms with E-state index >= 15 is 0 Å². The van der Waals surface area contributed by atoms with Gasteiger partial charge in [-0.3, -0.25) is 14.5 Å². The van der Waals surface area contributed by atoms with Gasteiger partial charge in [-0.2, -0.15) is 0 Å². The molecule has 4 nitrogen and oxygen atoms in total. The van der Waals surface area contributed by atoms with E-state index in [0.29, 0.717) is 6.54 Å². The Bertz CT molecular complexity index is 1450. The summed E-state index contributed by atoms with van der Waals surface area (Å²) in [5, 5.41) is 0. The van der Waals surface area contributed by atoms with Gasteiger partial charge in [0.2, 0.25) is 5.91 Å². The summed E-state index contributed by atoms with van der Waals surface area (Å²) in [4.78, 5) is 21.0. The van der Waals surface area contributed by atoms with E-state index in [9.17, 15) is 13.6 Å². The fraction of sp³-hybridized carbons (Fsp3) is 0.294. The number of nitrogens with zero attached hydrogens (tertiary/aromatic N) is 2. The fourth-order valence-electron chi connectivity index (χ4n) is 5.44. The SMILES string of the molecule is CC.O=C(C1CC1c1ccc(F)cc1)N(Cc1cccnc1)c1ccc2c(c1)C(NSc1ccc(F)cc1)CCC2. The average molecular weight is 572 g/mol. The number of carbonyl (C=O) groups excluding carboxylic acids is 1. The van der Waals surface area contributed by atoms with Crippen molar-refractivity contribution in [3.05, 3.63) is 125 Å². The van der Waals surface area contributed by atoms with Crippen molar-refractivity contribution in [3.63, 3.8) is 0 Å². The molecule has 0 aliphatic heterocycles. The van der Waals surface area contributed by atoms with Gasteiger partial charge in [-0.25, -0.2) is 8.78 Å². The minimum Gasteiger partial charge on any atom is -0.308 e. The molecule has 4 aromatic rings. The van der Waals surface area contributed by atoms with Gasteiger partial charge in [-0.15, -0.1) is 0 Å². The first-order valence-corrected chi connectivity index (χ1v) is 15.1. The highest BCUT2D eigenvalue weighted by Gasteiger charge is 2.46. The van der Waals surface area contributed by atoms with Crippen LogP contribution in [0.2, 0.25) is 0 Å². The maximum atomic E-state index is 13.9. The maximum absolute atomic E-state index is 13.9. The molecule has 1 amide bonds. The highest BCUT2D eigenvalue weighted by atomic mass is 32.2. The van der Waals surface area contributed by atoms with Crippen molar-refractivity contribution >= 4 is 23.5 Å². The van der Waals surface area contributed by atoms with Gasteiger partial charge in [0.15, 0.2) is 0 Å². The maximum Gasteiger partial charge on any atom is 0.231 e. The number of halogens is 2. The number of anilines is 1. The molecule has 212 valence electrons. The second kappa shape index (κ2) is 13.4. The highest BCUT2D eigenvalue weighted by molar-refractivity contribution is 7.97. The summed E-state index contributed by atoms with van der Waals surface area (Å²) < 4.78 is 30.4. The van der Waals surface area contributed by atoms with Gasteiger partial charge in [0, 0.05) is 34.9 Å². The third-order valence-corrected chi connectivity index (χ3v) is 8.53. The van der Waals surface area contributed by atoms with Crippen molar-refractivity contribution in [1.82, 2.24) is 9.71 Å². The van der Waals surface area contributed by atoms with Crippen LogP contribution in [0.4, 0.5) is 14.5 Å². The van der Waals surface area contributed by atoms with Crippen LogP contribution in [0.3, 0.4) is 0 Å². The van der Waals surface area contributed by atoms with Crippen LogP contribution in [0.15, 0.2) is 96.2 Å². The molecule has 1 N–H and O–H groups in total. The molecule has 2 aliphatic rings. The third kappa shape index (κ3) is 7.03. The minimum atomic E-state index is -0.268. The summed E-state index contributed by atoms with van der Waals surface area (Å²) in [6.07, 6.45) is 7.35. The number of aromatic nitrogens is 1. The number of amides is 1. The van der Waals surface area contributed by atoms with Gasteiger partial charge < -0.3 is 4.90 Å². The number of rotatable bonds is 8. The molecule has 1 aromatic heterocycles. The molecular weight excluding hydrogens is 536 g/mol. The van der Waals surface area contributed by atoms with Gasteiger partial charge in [-0.1, -0.05) is 38.1 Å². The molecule has 1 saturated carbocycles. The fourth-order valence-corrected chi connectivity index (χ4v) is 6.23. The molecule has 0 radical (unpaired) electrons. The van der Waals surface area contributed by atoms with E-state index in [4.69, 9.17) is 0 Å². The predicted molar refractivity (Wildman–Crippen MR) is 162 cm³/mol. The van der Waals surface area contributed by atoms with Crippen LogP contribution in [-0.2, 0) is 17.8 Å². The number of fused-ring (bicyclic) bond motifs is 1. The summed E-state index contributed by atoms with van der Waals surface area (Å²) in [5.41, 5.74) is 5.32. The Hall–Kier alpha value is -3.55. The molecule has 0 spiro atoms. The van der Waals surface area contributed by atoms with Crippen LogP contribution in [0.1, 0.15) is 67.3 Å².